The molecule has 2 aliphatic heterocycles. The van der Waals surface area contributed by atoms with Crippen LogP contribution in [0.15, 0.2) is 29.3 Å². The van der Waals surface area contributed by atoms with E-state index < -0.39 is 15.7 Å². The summed E-state index contributed by atoms with van der Waals surface area (Å²) in [5, 5.41) is 9.04. The van der Waals surface area contributed by atoms with E-state index in [1.807, 2.05) is 29.2 Å². The fourth-order valence-electron chi connectivity index (χ4n) is 3.49. The Morgan fingerprint density at radius 3 is 2.56 bits per heavy atom. The fraction of sp³-hybridized carbons (Fsp3) is 0.500. The molecule has 0 spiro atoms. The number of rotatable bonds is 5. The number of aliphatic imine (C=N–C) groups is 1. The minimum Gasteiger partial charge on any atom is -0.372 e. The molecule has 9 heteroatoms. The minimum absolute atomic E-state index is 0.0495. The third-order valence-electron chi connectivity index (χ3n) is 4.77. The van der Waals surface area contributed by atoms with Gasteiger partial charge in [0.25, 0.3) is 5.91 Å². The maximum atomic E-state index is 12.1. The van der Waals surface area contributed by atoms with Crippen LogP contribution < -0.4 is 9.80 Å². The third-order valence-corrected chi connectivity index (χ3v) is 7.98. The van der Waals surface area contributed by atoms with Gasteiger partial charge in [-0.2, -0.15) is 10.3 Å². The summed E-state index contributed by atoms with van der Waals surface area (Å²) in [7, 11) is -3.10. The molecule has 0 bridgehead atoms. The van der Waals surface area contributed by atoms with E-state index in [1.54, 1.807) is 6.07 Å². The number of sulfone groups is 1. The molecule has 2 atom stereocenters. The van der Waals surface area contributed by atoms with Gasteiger partial charge in [-0.15, -0.1) is 0 Å². The highest BCUT2D eigenvalue weighted by Gasteiger charge is 2.49. The van der Waals surface area contributed by atoms with E-state index in [0.717, 1.165) is 24.5 Å². The number of amidine groups is 1. The summed E-state index contributed by atoms with van der Waals surface area (Å²) in [5.74, 6) is -0.372. The first-order chi connectivity index (χ1) is 12.9. The lowest BCUT2D eigenvalue weighted by Gasteiger charge is -2.26. The van der Waals surface area contributed by atoms with E-state index in [0.29, 0.717) is 5.17 Å². The second-order valence-corrected chi connectivity index (χ2v) is 9.84. The number of carbonyl (C=O) groups is 1. The summed E-state index contributed by atoms with van der Waals surface area (Å²) >= 11 is 1.32. The summed E-state index contributed by atoms with van der Waals surface area (Å²) in [5.41, 5.74) is 1.90. The molecule has 0 aromatic heterocycles. The molecule has 0 radical (unpaired) electrons. The van der Waals surface area contributed by atoms with Crippen molar-refractivity contribution in [2.24, 2.45) is 4.99 Å². The van der Waals surface area contributed by atoms with Crippen LogP contribution in [0.4, 0.5) is 11.4 Å². The van der Waals surface area contributed by atoms with Gasteiger partial charge in [-0.25, -0.2) is 8.42 Å². The average molecular weight is 407 g/mol. The molecule has 7 nitrogen and oxygen atoms in total. The number of amides is 1. The first-order valence-corrected chi connectivity index (χ1v) is 11.6. The van der Waals surface area contributed by atoms with Crippen LogP contribution in [-0.2, 0) is 14.6 Å². The molecule has 2 saturated heterocycles. The highest BCUT2D eigenvalue weighted by Crippen LogP contribution is 2.41. The monoisotopic (exact) mass is 406 g/mol. The molecule has 1 amide bonds. The molecule has 1 aromatic carbocycles. The Balaban J connectivity index is 1.95. The van der Waals surface area contributed by atoms with Gasteiger partial charge in [0.1, 0.15) is 6.42 Å². The number of fused-ring (bicyclic) bond motifs is 1. The maximum absolute atomic E-state index is 12.1. The van der Waals surface area contributed by atoms with E-state index >= 15 is 0 Å². The number of nitrogens with zero attached hydrogens (tertiary/aromatic N) is 4. The van der Waals surface area contributed by atoms with Crippen LogP contribution >= 0.6 is 11.8 Å². The molecule has 0 unspecified atom stereocenters. The fourth-order valence-corrected chi connectivity index (χ4v) is 7.42. The van der Waals surface area contributed by atoms with Gasteiger partial charge >= 0.3 is 0 Å². The average Bonchev–Trinajstić information content (AvgIpc) is 3.07. The zero-order valence-electron chi connectivity index (χ0n) is 15.3. The predicted molar refractivity (Wildman–Crippen MR) is 109 cm³/mol. The third kappa shape index (κ3) is 4.12. The highest BCUT2D eigenvalue weighted by atomic mass is 32.2. The molecule has 27 heavy (non-hydrogen) atoms. The number of hydrogen-bond donors (Lipinski definition) is 0. The van der Waals surface area contributed by atoms with E-state index in [-0.39, 0.29) is 29.2 Å². The molecule has 2 aliphatic rings. The maximum Gasteiger partial charge on any atom is 0.262 e. The normalized spacial score (nSPS) is 24.6. The first kappa shape index (κ1) is 19.7. The van der Waals surface area contributed by atoms with Crippen molar-refractivity contribution < 1.29 is 13.2 Å². The zero-order chi connectivity index (χ0) is 19.6. The van der Waals surface area contributed by atoms with Crippen LogP contribution in [0.2, 0.25) is 0 Å². The Hall–Kier alpha value is -2.05. The molecule has 1 aromatic rings. The van der Waals surface area contributed by atoms with Crippen LogP contribution in [-0.4, -0.2) is 55.4 Å². The number of carbonyl (C=O) groups excluding carboxylic acids is 1. The van der Waals surface area contributed by atoms with Gasteiger partial charge in [-0.1, -0.05) is 11.8 Å². The minimum atomic E-state index is -3.10. The molecule has 3 rings (SSSR count). The summed E-state index contributed by atoms with van der Waals surface area (Å²) < 4.78 is 24.2. The van der Waals surface area contributed by atoms with Gasteiger partial charge < -0.3 is 9.80 Å². The topological polar surface area (TPSA) is 93.8 Å². The molecule has 0 N–H and O–H groups in total. The lowest BCUT2D eigenvalue weighted by molar-refractivity contribution is -0.116. The van der Waals surface area contributed by atoms with E-state index in [9.17, 15) is 13.2 Å². The van der Waals surface area contributed by atoms with E-state index in [4.69, 9.17) is 5.26 Å². The van der Waals surface area contributed by atoms with Crippen molar-refractivity contribution >= 4 is 44.0 Å². The summed E-state index contributed by atoms with van der Waals surface area (Å²) in [6.45, 7) is 5.98. The van der Waals surface area contributed by atoms with Crippen LogP contribution in [0.1, 0.15) is 20.3 Å². The molecular weight excluding hydrogens is 384 g/mol. The number of benzene rings is 1. The Kier molecular flexibility index (Phi) is 5.77. The predicted octanol–water partition coefficient (Wildman–Crippen LogP) is 2.05. The van der Waals surface area contributed by atoms with Crippen molar-refractivity contribution in [3.05, 3.63) is 24.3 Å². The first-order valence-electron chi connectivity index (χ1n) is 8.88. The summed E-state index contributed by atoms with van der Waals surface area (Å²) in [6, 6.07) is 9.43. The summed E-state index contributed by atoms with van der Waals surface area (Å²) in [4.78, 5) is 20.0. The Bertz CT molecular complexity index is 886. The van der Waals surface area contributed by atoms with Crippen molar-refractivity contribution in [1.29, 1.82) is 5.26 Å². The van der Waals surface area contributed by atoms with E-state index in [2.05, 4.69) is 23.7 Å². The highest BCUT2D eigenvalue weighted by molar-refractivity contribution is 8.16. The van der Waals surface area contributed by atoms with Gasteiger partial charge in [0.2, 0.25) is 0 Å². The smallest absolute Gasteiger partial charge is 0.262 e. The largest absolute Gasteiger partial charge is 0.372 e. The molecule has 2 heterocycles. The molecular formula is C18H22N4O3S2. The molecule has 2 fully saturated rings. The van der Waals surface area contributed by atoms with Crippen molar-refractivity contribution in [3.63, 3.8) is 0 Å². The Labute approximate surface area is 164 Å². The van der Waals surface area contributed by atoms with Crippen molar-refractivity contribution in [2.75, 3.05) is 34.4 Å². The zero-order valence-corrected chi connectivity index (χ0v) is 17.0. The van der Waals surface area contributed by atoms with Gasteiger partial charge in [0.15, 0.2) is 15.0 Å². The Morgan fingerprint density at radius 2 is 1.96 bits per heavy atom. The van der Waals surface area contributed by atoms with Crippen LogP contribution in [0.25, 0.3) is 0 Å². The molecule has 144 valence electrons. The standard InChI is InChI=1S/C18H22N4O3S2/c1-3-21(4-2)13-5-7-14(8-6-13)22-15-11-27(24,25)12-16(15)26-18(22)20-17(23)9-10-19/h5-8,15-16H,3-4,9,11-12H2,1-2H3/t15-,16+/m1/s1. The SMILES string of the molecule is CCN(CC)c1ccc(N2C(=NC(=O)CC#N)S[C@H]3CS(=O)(=O)C[C@H]32)cc1. The van der Waals surface area contributed by atoms with Crippen molar-refractivity contribution in [2.45, 2.75) is 31.6 Å². The second-order valence-electron chi connectivity index (χ2n) is 6.48. The Morgan fingerprint density at radius 1 is 1.30 bits per heavy atom. The molecule has 0 aliphatic carbocycles. The van der Waals surface area contributed by atoms with Gasteiger partial charge in [0, 0.05) is 29.7 Å². The lowest BCUT2D eigenvalue weighted by atomic mass is 10.2. The summed E-state index contributed by atoms with van der Waals surface area (Å²) in [6.07, 6.45) is -0.285. The molecule has 0 saturated carbocycles. The van der Waals surface area contributed by atoms with E-state index in [1.165, 1.54) is 11.8 Å². The number of anilines is 2. The van der Waals surface area contributed by atoms with Crippen LogP contribution in [0, 0.1) is 11.3 Å². The van der Waals surface area contributed by atoms with Crippen LogP contribution in [0.5, 0.6) is 0 Å². The van der Waals surface area contributed by atoms with Gasteiger partial charge in [0.05, 0.1) is 23.6 Å². The van der Waals surface area contributed by atoms with Crippen molar-refractivity contribution in [1.82, 2.24) is 0 Å². The van der Waals surface area contributed by atoms with Gasteiger partial charge in [-0.3, -0.25) is 4.79 Å². The number of hydrogen-bond acceptors (Lipinski definition) is 6. The lowest BCUT2D eigenvalue weighted by Crippen LogP contribution is -2.37. The number of thioether (sulfide) groups is 1. The second kappa shape index (κ2) is 7.90. The quantitative estimate of drug-likeness (QED) is 0.739. The van der Waals surface area contributed by atoms with Crippen molar-refractivity contribution in [3.8, 4) is 6.07 Å². The number of nitriles is 1. The van der Waals surface area contributed by atoms with Gasteiger partial charge in [-0.05, 0) is 38.1 Å². The van der Waals surface area contributed by atoms with Crippen LogP contribution in [0.3, 0.4) is 0 Å².